The van der Waals surface area contributed by atoms with E-state index in [1.54, 1.807) is 18.0 Å². The first-order valence-electron chi connectivity index (χ1n) is 5.57. The molecule has 92 valence electrons. The Labute approximate surface area is 107 Å². The van der Waals surface area contributed by atoms with Crippen LogP contribution in [0, 0.1) is 5.92 Å². The van der Waals surface area contributed by atoms with Crippen molar-refractivity contribution in [2.24, 2.45) is 11.0 Å². The van der Waals surface area contributed by atoms with Gasteiger partial charge in [0.15, 0.2) is 0 Å². The predicted molar refractivity (Wildman–Crippen MR) is 73.4 cm³/mol. The Morgan fingerprint density at radius 1 is 1.41 bits per heavy atom. The van der Waals surface area contributed by atoms with Crippen LogP contribution in [0.25, 0.3) is 0 Å². The van der Waals surface area contributed by atoms with Gasteiger partial charge in [-0.25, -0.2) is 5.43 Å². The lowest BCUT2D eigenvalue weighted by Gasteiger charge is -2.02. The molecule has 17 heavy (non-hydrogen) atoms. The Balaban J connectivity index is 2.45. The SMILES string of the molecule is CSc1ccc(/C=N/NC(=O)CC(C)C)cc1. The molecule has 0 saturated carbocycles. The summed E-state index contributed by atoms with van der Waals surface area (Å²) in [6, 6.07) is 8.01. The molecule has 0 heterocycles. The minimum atomic E-state index is -0.0445. The van der Waals surface area contributed by atoms with E-state index in [4.69, 9.17) is 0 Å². The Morgan fingerprint density at radius 2 is 2.06 bits per heavy atom. The van der Waals surface area contributed by atoms with Crippen LogP contribution in [-0.2, 0) is 4.79 Å². The molecule has 1 aromatic carbocycles. The first kappa shape index (κ1) is 13.8. The van der Waals surface area contributed by atoms with Gasteiger partial charge in [-0.2, -0.15) is 5.10 Å². The van der Waals surface area contributed by atoms with Crippen molar-refractivity contribution >= 4 is 23.9 Å². The van der Waals surface area contributed by atoms with E-state index in [0.29, 0.717) is 12.3 Å². The van der Waals surface area contributed by atoms with Gasteiger partial charge >= 0.3 is 0 Å². The van der Waals surface area contributed by atoms with E-state index in [1.807, 2.05) is 44.4 Å². The largest absolute Gasteiger partial charge is 0.273 e. The van der Waals surface area contributed by atoms with Crippen LogP contribution in [0.15, 0.2) is 34.3 Å². The van der Waals surface area contributed by atoms with E-state index < -0.39 is 0 Å². The fraction of sp³-hybridized carbons (Fsp3) is 0.385. The van der Waals surface area contributed by atoms with Crippen LogP contribution in [0.1, 0.15) is 25.8 Å². The van der Waals surface area contributed by atoms with E-state index >= 15 is 0 Å². The van der Waals surface area contributed by atoms with Crippen molar-refractivity contribution in [1.29, 1.82) is 0 Å². The summed E-state index contributed by atoms with van der Waals surface area (Å²) >= 11 is 1.70. The van der Waals surface area contributed by atoms with Crippen LogP contribution in [0.5, 0.6) is 0 Å². The number of nitrogens with one attached hydrogen (secondary N) is 1. The van der Waals surface area contributed by atoms with Crippen molar-refractivity contribution in [3.8, 4) is 0 Å². The zero-order valence-electron chi connectivity index (χ0n) is 10.4. The zero-order valence-corrected chi connectivity index (χ0v) is 11.3. The number of amides is 1. The fourth-order valence-electron chi connectivity index (χ4n) is 1.29. The molecule has 0 saturated heterocycles. The number of benzene rings is 1. The predicted octanol–water partition coefficient (Wildman–Crippen LogP) is 2.90. The topological polar surface area (TPSA) is 41.5 Å². The molecule has 3 nitrogen and oxygen atoms in total. The van der Waals surface area contributed by atoms with Gasteiger partial charge in [-0.1, -0.05) is 26.0 Å². The van der Waals surface area contributed by atoms with Crippen LogP contribution in [-0.4, -0.2) is 18.4 Å². The summed E-state index contributed by atoms with van der Waals surface area (Å²) < 4.78 is 0. The van der Waals surface area contributed by atoms with E-state index in [9.17, 15) is 4.79 Å². The van der Waals surface area contributed by atoms with Crippen molar-refractivity contribution in [2.75, 3.05) is 6.26 Å². The Kier molecular flexibility index (Phi) is 5.77. The molecule has 0 aliphatic rings. The molecule has 1 rings (SSSR count). The molecule has 0 fully saturated rings. The van der Waals surface area contributed by atoms with Gasteiger partial charge in [0.2, 0.25) is 5.91 Å². The average Bonchev–Trinajstić information content (AvgIpc) is 2.29. The maximum absolute atomic E-state index is 11.3. The lowest BCUT2D eigenvalue weighted by atomic mass is 10.1. The second kappa shape index (κ2) is 7.12. The molecule has 1 amide bonds. The van der Waals surface area contributed by atoms with Gasteiger partial charge < -0.3 is 0 Å². The minimum absolute atomic E-state index is 0.0445. The van der Waals surface area contributed by atoms with Gasteiger partial charge in [-0.15, -0.1) is 11.8 Å². The monoisotopic (exact) mass is 250 g/mol. The van der Waals surface area contributed by atoms with Crippen molar-refractivity contribution in [1.82, 2.24) is 5.43 Å². The third-order valence-corrected chi connectivity index (χ3v) is 2.86. The molecule has 0 aliphatic carbocycles. The van der Waals surface area contributed by atoms with E-state index in [-0.39, 0.29) is 5.91 Å². The molecule has 0 aromatic heterocycles. The molecule has 0 bridgehead atoms. The van der Waals surface area contributed by atoms with Gasteiger partial charge in [0.1, 0.15) is 0 Å². The Bertz CT molecular complexity index is 385. The van der Waals surface area contributed by atoms with Crippen LogP contribution >= 0.6 is 11.8 Å². The summed E-state index contributed by atoms with van der Waals surface area (Å²) in [4.78, 5) is 12.5. The highest BCUT2D eigenvalue weighted by molar-refractivity contribution is 7.98. The number of nitrogens with zero attached hydrogens (tertiary/aromatic N) is 1. The van der Waals surface area contributed by atoms with Crippen LogP contribution < -0.4 is 5.43 Å². The molecular weight excluding hydrogens is 232 g/mol. The summed E-state index contributed by atoms with van der Waals surface area (Å²) in [5.41, 5.74) is 3.50. The van der Waals surface area contributed by atoms with Crippen molar-refractivity contribution in [2.45, 2.75) is 25.2 Å². The van der Waals surface area contributed by atoms with E-state index in [0.717, 1.165) is 5.56 Å². The molecule has 0 aliphatic heterocycles. The first-order chi connectivity index (χ1) is 8.11. The summed E-state index contributed by atoms with van der Waals surface area (Å²) in [5, 5.41) is 3.92. The van der Waals surface area contributed by atoms with Crippen LogP contribution in [0.2, 0.25) is 0 Å². The van der Waals surface area contributed by atoms with Crippen LogP contribution in [0.4, 0.5) is 0 Å². The molecular formula is C13H18N2OS. The van der Waals surface area contributed by atoms with Crippen molar-refractivity contribution < 1.29 is 4.79 Å². The quantitative estimate of drug-likeness (QED) is 0.496. The molecule has 0 radical (unpaired) electrons. The number of thioether (sulfide) groups is 1. The lowest BCUT2D eigenvalue weighted by molar-refractivity contribution is -0.121. The summed E-state index contributed by atoms with van der Waals surface area (Å²) in [7, 11) is 0. The van der Waals surface area contributed by atoms with Gasteiger partial charge in [-0.3, -0.25) is 4.79 Å². The number of rotatable bonds is 5. The normalized spacial score (nSPS) is 11.1. The third kappa shape index (κ3) is 5.54. The highest BCUT2D eigenvalue weighted by atomic mass is 32.2. The molecule has 1 N–H and O–H groups in total. The fourth-order valence-corrected chi connectivity index (χ4v) is 1.69. The number of hydrogen-bond acceptors (Lipinski definition) is 3. The standard InChI is InChI=1S/C13H18N2OS/c1-10(2)8-13(16)15-14-9-11-4-6-12(17-3)7-5-11/h4-7,9-10H,8H2,1-3H3,(H,15,16)/b14-9+. The number of carbonyl (C=O) groups excluding carboxylic acids is 1. The van der Waals surface area contributed by atoms with Crippen molar-refractivity contribution in [3.05, 3.63) is 29.8 Å². The van der Waals surface area contributed by atoms with Gasteiger partial charge in [0, 0.05) is 11.3 Å². The molecule has 0 spiro atoms. The summed E-state index contributed by atoms with van der Waals surface area (Å²) in [6.07, 6.45) is 4.19. The number of carbonyl (C=O) groups is 1. The molecule has 0 atom stereocenters. The number of hydrazone groups is 1. The van der Waals surface area contributed by atoms with Gasteiger partial charge in [0.25, 0.3) is 0 Å². The van der Waals surface area contributed by atoms with Crippen LogP contribution in [0.3, 0.4) is 0 Å². The third-order valence-electron chi connectivity index (χ3n) is 2.11. The maximum Gasteiger partial charge on any atom is 0.240 e. The smallest absolute Gasteiger partial charge is 0.240 e. The highest BCUT2D eigenvalue weighted by Gasteiger charge is 2.02. The molecule has 1 aromatic rings. The average molecular weight is 250 g/mol. The zero-order chi connectivity index (χ0) is 12.7. The lowest BCUT2D eigenvalue weighted by Crippen LogP contribution is -2.19. The van der Waals surface area contributed by atoms with E-state index in [2.05, 4.69) is 10.5 Å². The second-order valence-electron chi connectivity index (χ2n) is 4.16. The Morgan fingerprint density at radius 3 is 2.59 bits per heavy atom. The van der Waals surface area contributed by atoms with Crippen molar-refractivity contribution in [3.63, 3.8) is 0 Å². The first-order valence-corrected chi connectivity index (χ1v) is 6.80. The van der Waals surface area contributed by atoms with Gasteiger partial charge in [-0.05, 0) is 29.9 Å². The summed E-state index contributed by atoms with van der Waals surface area (Å²) in [6.45, 7) is 4.01. The second-order valence-corrected chi connectivity index (χ2v) is 5.04. The number of hydrogen-bond donors (Lipinski definition) is 1. The Hall–Kier alpha value is -1.29. The highest BCUT2D eigenvalue weighted by Crippen LogP contribution is 2.13. The molecule has 4 heteroatoms. The summed E-state index contributed by atoms with van der Waals surface area (Å²) in [5.74, 6) is 0.308. The van der Waals surface area contributed by atoms with E-state index in [1.165, 1.54) is 4.90 Å². The minimum Gasteiger partial charge on any atom is -0.273 e. The van der Waals surface area contributed by atoms with Gasteiger partial charge in [0.05, 0.1) is 6.21 Å². The maximum atomic E-state index is 11.3. The molecule has 0 unspecified atom stereocenters.